The molecule has 1 N–H and O–H groups in total. The number of allylic oxidation sites excluding steroid dienone is 2. The van der Waals surface area contributed by atoms with E-state index >= 15 is 0 Å². The standard InChI is InChI=1S/C21H25FN2O2/c1-6-26-21(25)18-17(12(2)3)16(11-23)20(24-19(18)13(4)5)14-7-9-15(22)10-8-14/h7-10,12-13,17,24H,6H2,1-5H3. The number of dihydropyridines is 1. The van der Waals surface area contributed by atoms with Crippen molar-refractivity contribution in [2.75, 3.05) is 6.61 Å². The highest BCUT2D eigenvalue weighted by Gasteiger charge is 2.38. The van der Waals surface area contributed by atoms with E-state index in [0.29, 0.717) is 16.8 Å². The van der Waals surface area contributed by atoms with Crippen molar-refractivity contribution in [1.29, 1.82) is 5.26 Å². The molecule has 0 amide bonds. The van der Waals surface area contributed by atoms with Crippen LogP contribution in [0.3, 0.4) is 0 Å². The summed E-state index contributed by atoms with van der Waals surface area (Å²) in [5, 5.41) is 13.1. The fourth-order valence-corrected chi connectivity index (χ4v) is 3.27. The Morgan fingerprint density at radius 1 is 1.27 bits per heavy atom. The third kappa shape index (κ3) is 3.80. The van der Waals surface area contributed by atoms with Gasteiger partial charge in [-0.2, -0.15) is 5.26 Å². The zero-order valence-corrected chi connectivity index (χ0v) is 15.9. The summed E-state index contributed by atoms with van der Waals surface area (Å²) < 4.78 is 18.6. The molecule has 0 aliphatic carbocycles. The van der Waals surface area contributed by atoms with Crippen LogP contribution in [0.5, 0.6) is 0 Å². The lowest BCUT2D eigenvalue weighted by Crippen LogP contribution is -2.35. The molecule has 1 atom stereocenters. The van der Waals surface area contributed by atoms with Crippen LogP contribution >= 0.6 is 0 Å². The molecule has 1 aliphatic rings. The van der Waals surface area contributed by atoms with Gasteiger partial charge >= 0.3 is 5.97 Å². The first-order valence-corrected chi connectivity index (χ1v) is 8.90. The summed E-state index contributed by atoms with van der Waals surface area (Å²) in [5.41, 5.74) is 3.08. The highest BCUT2D eigenvalue weighted by Crippen LogP contribution is 2.40. The highest BCUT2D eigenvalue weighted by atomic mass is 19.1. The van der Waals surface area contributed by atoms with Crippen molar-refractivity contribution < 1.29 is 13.9 Å². The minimum Gasteiger partial charge on any atom is -0.463 e. The predicted octanol–water partition coefficient (Wildman–Crippen LogP) is 4.41. The van der Waals surface area contributed by atoms with Gasteiger partial charge < -0.3 is 10.1 Å². The van der Waals surface area contributed by atoms with Crippen LogP contribution in [0.4, 0.5) is 4.39 Å². The maximum absolute atomic E-state index is 13.3. The maximum atomic E-state index is 13.3. The topological polar surface area (TPSA) is 62.1 Å². The zero-order valence-electron chi connectivity index (χ0n) is 15.9. The SMILES string of the molecule is CCOC(=O)C1=C(C(C)C)NC(c2ccc(F)cc2)=C(C#N)C1C(C)C. The lowest BCUT2D eigenvalue weighted by molar-refractivity contribution is -0.139. The number of ether oxygens (including phenoxy) is 1. The largest absolute Gasteiger partial charge is 0.463 e. The van der Waals surface area contributed by atoms with Crippen LogP contribution in [0, 0.1) is 34.9 Å². The molecule has 2 rings (SSSR count). The van der Waals surface area contributed by atoms with Crippen molar-refractivity contribution in [1.82, 2.24) is 5.32 Å². The number of rotatable bonds is 5. The predicted molar refractivity (Wildman–Crippen MR) is 98.9 cm³/mol. The number of hydrogen-bond acceptors (Lipinski definition) is 4. The molecule has 1 aliphatic heterocycles. The first-order valence-electron chi connectivity index (χ1n) is 8.90. The highest BCUT2D eigenvalue weighted by molar-refractivity contribution is 5.94. The number of halogens is 1. The van der Waals surface area contributed by atoms with E-state index < -0.39 is 5.97 Å². The van der Waals surface area contributed by atoms with Crippen LogP contribution in [-0.2, 0) is 9.53 Å². The van der Waals surface area contributed by atoms with Crippen LogP contribution in [0.2, 0.25) is 0 Å². The van der Waals surface area contributed by atoms with E-state index in [4.69, 9.17) is 4.74 Å². The maximum Gasteiger partial charge on any atom is 0.336 e. The summed E-state index contributed by atoms with van der Waals surface area (Å²) in [7, 11) is 0. The molecular formula is C21H25FN2O2. The Labute approximate surface area is 154 Å². The molecule has 0 bridgehead atoms. The lowest BCUT2D eigenvalue weighted by Gasteiger charge is -2.34. The summed E-state index contributed by atoms with van der Waals surface area (Å²) in [4.78, 5) is 12.7. The van der Waals surface area contributed by atoms with Gasteiger partial charge in [0.05, 0.1) is 29.5 Å². The molecule has 0 saturated carbocycles. The van der Waals surface area contributed by atoms with Gasteiger partial charge in [-0.05, 0) is 48.6 Å². The summed E-state index contributed by atoms with van der Waals surface area (Å²) in [6, 6.07) is 8.27. The van der Waals surface area contributed by atoms with Crippen LogP contribution < -0.4 is 5.32 Å². The second-order valence-corrected chi connectivity index (χ2v) is 6.96. The Bertz CT molecular complexity index is 783. The Morgan fingerprint density at radius 2 is 1.88 bits per heavy atom. The molecule has 0 radical (unpaired) electrons. The van der Waals surface area contributed by atoms with Gasteiger partial charge in [-0.1, -0.05) is 27.7 Å². The van der Waals surface area contributed by atoms with E-state index in [1.54, 1.807) is 19.1 Å². The second-order valence-electron chi connectivity index (χ2n) is 6.96. The Hall–Kier alpha value is -2.61. The van der Waals surface area contributed by atoms with Crippen molar-refractivity contribution in [2.24, 2.45) is 17.8 Å². The first-order chi connectivity index (χ1) is 12.3. The molecule has 26 heavy (non-hydrogen) atoms. The van der Waals surface area contributed by atoms with Crippen LogP contribution in [-0.4, -0.2) is 12.6 Å². The lowest BCUT2D eigenvalue weighted by atomic mass is 9.76. The molecule has 0 saturated heterocycles. The van der Waals surface area contributed by atoms with Crippen molar-refractivity contribution in [3.63, 3.8) is 0 Å². The molecule has 1 aromatic carbocycles. The first kappa shape index (κ1) is 19.7. The van der Waals surface area contributed by atoms with Gasteiger partial charge in [-0.25, -0.2) is 9.18 Å². The molecule has 1 heterocycles. The minimum absolute atomic E-state index is 0.0235. The Morgan fingerprint density at radius 3 is 2.35 bits per heavy atom. The molecule has 0 aromatic heterocycles. The summed E-state index contributed by atoms with van der Waals surface area (Å²) >= 11 is 0. The van der Waals surface area contributed by atoms with Crippen molar-refractivity contribution in [3.8, 4) is 6.07 Å². The Kier molecular flexibility index (Phi) is 6.20. The quantitative estimate of drug-likeness (QED) is 0.794. The van der Waals surface area contributed by atoms with Gasteiger partial charge in [0, 0.05) is 11.6 Å². The van der Waals surface area contributed by atoms with Crippen molar-refractivity contribution >= 4 is 11.7 Å². The number of hydrogen-bond donors (Lipinski definition) is 1. The summed E-state index contributed by atoms with van der Waals surface area (Å²) in [6.45, 7) is 9.96. The van der Waals surface area contributed by atoms with E-state index in [2.05, 4.69) is 11.4 Å². The third-order valence-corrected chi connectivity index (χ3v) is 4.43. The van der Waals surface area contributed by atoms with E-state index in [1.807, 2.05) is 27.7 Å². The molecule has 4 nitrogen and oxygen atoms in total. The third-order valence-electron chi connectivity index (χ3n) is 4.43. The van der Waals surface area contributed by atoms with Gasteiger partial charge in [-0.15, -0.1) is 0 Å². The van der Waals surface area contributed by atoms with Crippen LogP contribution in [0.15, 0.2) is 41.1 Å². The molecule has 138 valence electrons. The average molecular weight is 356 g/mol. The monoisotopic (exact) mass is 356 g/mol. The fourth-order valence-electron chi connectivity index (χ4n) is 3.27. The number of carbonyl (C=O) groups excluding carboxylic acids is 1. The molecule has 5 heteroatoms. The molecular weight excluding hydrogens is 331 g/mol. The van der Waals surface area contributed by atoms with Crippen molar-refractivity contribution in [2.45, 2.75) is 34.6 Å². The number of nitriles is 1. The van der Waals surface area contributed by atoms with Gasteiger partial charge in [-0.3, -0.25) is 0 Å². The summed E-state index contributed by atoms with van der Waals surface area (Å²) in [6.07, 6.45) is 0. The zero-order chi connectivity index (χ0) is 19.4. The molecule has 1 unspecified atom stereocenters. The number of benzene rings is 1. The molecule has 1 aromatic rings. The van der Waals surface area contributed by atoms with E-state index in [1.165, 1.54) is 12.1 Å². The molecule has 0 spiro atoms. The Balaban J connectivity index is 2.68. The fraction of sp³-hybridized carbons (Fsp3) is 0.429. The van der Waals surface area contributed by atoms with Gasteiger partial charge in [0.15, 0.2) is 0 Å². The number of carbonyl (C=O) groups is 1. The number of nitrogens with zero attached hydrogens (tertiary/aromatic N) is 1. The van der Waals surface area contributed by atoms with E-state index in [-0.39, 0.29) is 30.2 Å². The number of esters is 1. The number of nitrogens with one attached hydrogen (secondary N) is 1. The smallest absolute Gasteiger partial charge is 0.336 e. The van der Waals surface area contributed by atoms with Crippen LogP contribution in [0.1, 0.15) is 40.2 Å². The second kappa shape index (κ2) is 8.18. The van der Waals surface area contributed by atoms with Gasteiger partial charge in [0.25, 0.3) is 0 Å². The molecule has 0 fully saturated rings. The van der Waals surface area contributed by atoms with Gasteiger partial charge in [0.2, 0.25) is 0 Å². The normalized spacial score (nSPS) is 17.4. The van der Waals surface area contributed by atoms with Crippen molar-refractivity contribution in [3.05, 3.63) is 52.5 Å². The van der Waals surface area contributed by atoms with Gasteiger partial charge in [0.1, 0.15) is 5.82 Å². The van der Waals surface area contributed by atoms with E-state index in [0.717, 1.165) is 11.3 Å². The van der Waals surface area contributed by atoms with E-state index in [9.17, 15) is 14.4 Å². The van der Waals surface area contributed by atoms with Crippen LogP contribution in [0.25, 0.3) is 5.70 Å². The average Bonchev–Trinajstić information content (AvgIpc) is 2.60. The minimum atomic E-state index is -0.395. The summed E-state index contributed by atoms with van der Waals surface area (Å²) in [5.74, 6) is -1.05.